The summed E-state index contributed by atoms with van der Waals surface area (Å²) in [4.78, 5) is 12.3. The van der Waals surface area contributed by atoms with Crippen LogP contribution in [0.1, 0.15) is 48.8 Å². The van der Waals surface area contributed by atoms with Crippen LogP contribution in [0.5, 0.6) is 5.75 Å². The number of aliphatic hydroxyl groups is 1. The van der Waals surface area contributed by atoms with E-state index in [1.807, 2.05) is 60.7 Å². The van der Waals surface area contributed by atoms with E-state index >= 15 is 0 Å². The molecule has 1 amide bonds. The number of aryl methyl sites for hydroxylation is 1. The number of carbonyl (C=O) groups is 1. The van der Waals surface area contributed by atoms with Crippen molar-refractivity contribution in [2.45, 2.75) is 57.6 Å². The number of ether oxygens (including phenoxy) is 1. The number of aliphatic hydroxyl groups excluding tert-OH is 1. The van der Waals surface area contributed by atoms with Gasteiger partial charge in [0.15, 0.2) is 0 Å². The summed E-state index contributed by atoms with van der Waals surface area (Å²) in [5.74, 6) is 0.819. The molecule has 0 saturated carbocycles. The Bertz CT molecular complexity index is 926. The third-order valence-corrected chi connectivity index (χ3v) is 5.70. The van der Waals surface area contributed by atoms with Crippen LogP contribution >= 0.6 is 0 Å². The molecular weight excluding hydrogens is 410 g/mol. The van der Waals surface area contributed by atoms with E-state index in [1.54, 1.807) is 0 Å². The zero-order chi connectivity index (χ0) is 23.1. The second-order valence-electron chi connectivity index (χ2n) is 8.47. The maximum atomic E-state index is 12.3. The first-order valence-corrected chi connectivity index (χ1v) is 11.9. The van der Waals surface area contributed by atoms with Crippen molar-refractivity contribution in [2.24, 2.45) is 0 Å². The molecule has 0 bridgehead atoms. The van der Waals surface area contributed by atoms with Crippen LogP contribution in [0.15, 0.2) is 84.9 Å². The van der Waals surface area contributed by atoms with Crippen LogP contribution in [-0.4, -0.2) is 23.7 Å². The highest BCUT2D eigenvalue weighted by Gasteiger charge is 2.12. The van der Waals surface area contributed by atoms with Crippen molar-refractivity contribution in [2.75, 3.05) is 6.61 Å². The molecule has 4 nitrogen and oxygen atoms in total. The number of nitrogens with one attached hydrogen (secondary N) is 1. The van der Waals surface area contributed by atoms with E-state index in [1.165, 1.54) is 5.56 Å². The largest absolute Gasteiger partial charge is 0.489 e. The Labute approximate surface area is 197 Å². The van der Waals surface area contributed by atoms with Gasteiger partial charge < -0.3 is 15.2 Å². The fourth-order valence-electron chi connectivity index (χ4n) is 3.82. The molecular formula is C29H35NO3. The number of hydrogen-bond donors (Lipinski definition) is 2. The lowest BCUT2D eigenvalue weighted by Crippen LogP contribution is -2.38. The molecule has 0 heterocycles. The van der Waals surface area contributed by atoms with Crippen LogP contribution in [0.4, 0.5) is 0 Å². The van der Waals surface area contributed by atoms with E-state index in [0.717, 1.165) is 49.0 Å². The predicted octanol–water partition coefficient (Wildman–Crippen LogP) is 5.48. The number of benzene rings is 3. The molecule has 4 heteroatoms. The Morgan fingerprint density at radius 1 is 0.758 bits per heavy atom. The van der Waals surface area contributed by atoms with Crippen molar-refractivity contribution in [3.05, 3.63) is 102 Å². The van der Waals surface area contributed by atoms with Crippen LogP contribution in [0.2, 0.25) is 0 Å². The molecule has 0 fully saturated rings. The van der Waals surface area contributed by atoms with Gasteiger partial charge in [-0.1, -0.05) is 85.6 Å². The lowest BCUT2D eigenvalue weighted by molar-refractivity contribution is -0.122. The smallest absolute Gasteiger partial charge is 0.220 e. The summed E-state index contributed by atoms with van der Waals surface area (Å²) in [6.45, 7) is 0.455. The van der Waals surface area contributed by atoms with E-state index in [2.05, 4.69) is 29.6 Å². The van der Waals surface area contributed by atoms with Gasteiger partial charge in [0.1, 0.15) is 12.4 Å². The maximum absolute atomic E-state index is 12.3. The molecule has 0 aliphatic carbocycles. The molecule has 0 aliphatic rings. The standard InChI is InChI=1S/C29H35NO3/c31-22-27(30-29(32)16-10-2-1-5-11-24-12-6-3-7-13-24)21-25-17-19-28(20-18-25)33-23-26-14-8-4-9-15-26/h3-4,6-9,12-15,17-20,27,31H,1-2,5,10-11,16,21-23H2,(H,30,32)/t27-/m1/s1. The summed E-state index contributed by atoms with van der Waals surface area (Å²) in [7, 11) is 0. The molecule has 0 unspecified atom stereocenters. The number of unbranched alkanes of at least 4 members (excludes halogenated alkanes) is 3. The lowest BCUT2D eigenvalue weighted by atomic mass is 10.0. The summed E-state index contributed by atoms with van der Waals surface area (Å²) in [5.41, 5.74) is 3.56. The molecule has 0 spiro atoms. The third-order valence-electron chi connectivity index (χ3n) is 5.70. The SMILES string of the molecule is O=C(CCCCCCc1ccccc1)N[C@@H](CO)Cc1ccc(OCc2ccccc2)cc1. The van der Waals surface area contributed by atoms with Crippen LogP contribution < -0.4 is 10.1 Å². The first-order chi connectivity index (χ1) is 16.2. The van der Waals surface area contributed by atoms with Gasteiger partial charge in [-0.3, -0.25) is 4.79 Å². The van der Waals surface area contributed by atoms with Crippen molar-refractivity contribution in [1.29, 1.82) is 0 Å². The Kier molecular flexibility index (Phi) is 10.5. The van der Waals surface area contributed by atoms with Crippen LogP contribution in [0, 0.1) is 0 Å². The molecule has 3 rings (SSSR count). The Morgan fingerprint density at radius 3 is 2.06 bits per heavy atom. The molecule has 3 aromatic carbocycles. The second kappa shape index (κ2) is 14.1. The highest BCUT2D eigenvalue weighted by Crippen LogP contribution is 2.16. The Morgan fingerprint density at radius 2 is 1.39 bits per heavy atom. The van der Waals surface area contributed by atoms with Gasteiger partial charge in [-0.05, 0) is 54.5 Å². The van der Waals surface area contributed by atoms with Crippen molar-refractivity contribution in [3.8, 4) is 5.75 Å². The van der Waals surface area contributed by atoms with Gasteiger partial charge >= 0.3 is 0 Å². The van der Waals surface area contributed by atoms with Crippen molar-refractivity contribution in [3.63, 3.8) is 0 Å². The lowest BCUT2D eigenvalue weighted by Gasteiger charge is -2.17. The van der Waals surface area contributed by atoms with Gasteiger partial charge in [-0.2, -0.15) is 0 Å². The van der Waals surface area contributed by atoms with Gasteiger partial charge in [0.25, 0.3) is 0 Å². The molecule has 0 saturated heterocycles. The van der Waals surface area contributed by atoms with E-state index in [9.17, 15) is 9.90 Å². The van der Waals surface area contributed by atoms with E-state index in [0.29, 0.717) is 19.4 Å². The average molecular weight is 446 g/mol. The Balaban J connectivity index is 1.31. The normalized spacial score (nSPS) is 11.7. The van der Waals surface area contributed by atoms with Gasteiger partial charge in [-0.25, -0.2) is 0 Å². The monoisotopic (exact) mass is 445 g/mol. The molecule has 3 aromatic rings. The highest BCUT2D eigenvalue weighted by atomic mass is 16.5. The fourth-order valence-corrected chi connectivity index (χ4v) is 3.82. The van der Waals surface area contributed by atoms with Crippen molar-refractivity contribution >= 4 is 5.91 Å². The van der Waals surface area contributed by atoms with Gasteiger partial charge in [0.2, 0.25) is 5.91 Å². The van der Waals surface area contributed by atoms with E-state index < -0.39 is 0 Å². The maximum Gasteiger partial charge on any atom is 0.220 e. The third kappa shape index (κ3) is 9.50. The molecule has 0 aromatic heterocycles. The predicted molar refractivity (Wildman–Crippen MR) is 133 cm³/mol. The van der Waals surface area contributed by atoms with Crippen molar-refractivity contribution < 1.29 is 14.6 Å². The Hall–Kier alpha value is -3.11. The van der Waals surface area contributed by atoms with Crippen LogP contribution in [0.25, 0.3) is 0 Å². The molecule has 33 heavy (non-hydrogen) atoms. The van der Waals surface area contributed by atoms with Crippen LogP contribution in [-0.2, 0) is 24.2 Å². The zero-order valence-corrected chi connectivity index (χ0v) is 19.3. The number of carbonyl (C=O) groups excluding carboxylic acids is 1. The highest BCUT2D eigenvalue weighted by molar-refractivity contribution is 5.76. The first-order valence-electron chi connectivity index (χ1n) is 11.9. The summed E-state index contributed by atoms with van der Waals surface area (Å²) in [5, 5.41) is 12.7. The molecule has 1 atom stereocenters. The van der Waals surface area contributed by atoms with Gasteiger partial charge in [-0.15, -0.1) is 0 Å². The number of amides is 1. The topological polar surface area (TPSA) is 58.6 Å². The minimum absolute atomic E-state index is 0.0138. The minimum Gasteiger partial charge on any atom is -0.489 e. The van der Waals surface area contributed by atoms with Crippen molar-refractivity contribution in [1.82, 2.24) is 5.32 Å². The summed E-state index contributed by atoms with van der Waals surface area (Å²) >= 11 is 0. The van der Waals surface area contributed by atoms with Gasteiger partial charge in [0.05, 0.1) is 12.6 Å². The molecule has 174 valence electrons. The minimum atomic E-state index is -0.272. The van der Waals surface area contributed by atoms with Crippen LogP contribution in [0.3, 0.4) is 0 Å². The summed E-state index contributed by atoms with van der Waals surface area (Å²) < 4.78 is 5.82. The summed E-state index contributed by atoms with van der Waals surface area (Å²) in [6.07, 6.45) is 6.41. The number of rotatable bonds is 14. The average Bonchev–Trinajstić information content (AvgIpc) is 2.86. The quantitative estimate of drug-likeness (QED) is 0.323. The molecule has 2 N–H and O–H groups in total. The van der Waals surface area contributed by atoms with E-state index in [4.69, 9.17) is 4.74 Å². The number of hydrogen-bond acceptors (Lipinski definition) is 3. The molecule has 0 aliphatic heterocycles. The first kappa shape index (κ1) is 24.5. The zero-order valence-electron chi connectivity index (χ0n) is 19.3. The van der Waals surface area contributed by atoms with E-state index in [-0.39, 0.29) is 18.6 Å². The van der Waals surface area contributed by atoms with Gasteiger partial charge in [0, 0.05) is 6.42 Å². The second-order valence-corrected chi connectivity index (χ2v) is 8.47. The fraction of sp³-hybridized carbons (Fsp3) is 0.345. The molecule has 0 radical (unpaired) electrons. The summed E-state index contributed by atoms with van der Waals surface area (Å²) in [6, 6.07) is 28.1.